The zero-order chi connectivity index (χ0) is 22.4. The highest BCUT2D eigenvalue weighted by molar-refractivity contribution is 5.69. The molecule has 3 saturated carbocycles. The van der Waals surface area contributed by atoms with Crippen molar-refractivity contribution >= 4 is 11.9 Å². The second-order valence-electron chi connectivity index (χ2n) is 11.6. The second kappa shape index (κ2) is 8.56. The summed E-state index contributed by atoms with van der Waals surface area (Å²) in [7, 11) is 1.49. The van der Waals surface area contributed by atoms with Crippen molar-refractivity contribution in [2.75, 3.05) is 7.11 Å². The summed E-state index contributed by atoms with van der Waals surface area (Å²) < 4.78 is 10.5. The Labute approximate surface area is 188 Å². The van der Waals surface area contributed by atoms with E-state index >= 15 is 0 Å². The number of esters is 2. The lowest BCUT2D eigenvalue weighted by molar-refractivity contribution is -0.153. The average molecular weight is 431 g/mol. The van der Waals surface area contributed by atoms with Crippen LogP contribution in [0.5, 0.6) is 0 Å². The van der Waals surface area contributed by atoms with Crippen molar-refractivity contribution in [1.82, 2.24) is 0 Å². The molecule has 0 heterocycles. The molecular formula is C27H42O4. The third-order valence-electron chi connectivity index (χ3n) is 10.2. The number of hydrogen-bond acceptors (Lipinski definition) is 4. The molecule has 4 heteroatoms. The fourth-order valence-electron chi connectivity index (χ4n) is 8.55. The van der Waals surface area contributed by atoms with Crippen LogP contribution in [-0.4, -0.2) is 25.2 Å². The van der Waals surface area contributed by atoms with Crippen LogP contribution in [0.25, 0.3) is 0 Å². The fourth-order valence-corrected chi connectivity index (χ4v) is 8.55. The van der Waals surface area contributed by atoms with Crippen LogP contribution in [-0.2, 0) is 19.1 Å². The van der Waals surface area contributed by atoms with Gasteiger partial charge in [0.2, 0.25) is 0 Å². The summed E-state index contributed by atoms with van der Waals surface area (Å²) in [5.74, 6) is 3.80. The molecule has 0 aromatic carbocycles. The van der Waals surface area contributed by atoms with Crippen LogP contribution in [0.1, 0.15) is 85.5 Å². The van der Waals surface area contributed by atoms with E-state index in [0.29, 0.717) is 40.9 Å². The smallest absolute Gasteiger partial charge is 0.305 e. The van der Waals surface area contributed by atoms with Crippen LogP contribution in [0.2, 0.25) is 0 Å². The van der Waals surface area contributed by atoms with Crippen LogP contribution in [0.4, 0.5) is 0 Å². The molecule has 0 aliphatic heterocycles. The molecule has 3 fully saturated rings. The molecule has 174 valence electrons. The Bertz CT molecular complexity index is 729. The van der Waals surface area contributed by atoms with Crippen LogP contribution < -0.4 is 0 Å². The maximum Gasteiger partial charge on any atom is 0.305 e. The first-order valence-electron chi connectivity index (χ1n) is 12.6. The lowest BCUT2D eigenvalue weighted by Gasteiger charge is -2.59. The van der Waals surface area contributed by atoms with E-state index in [1.807, 2.05) is 0 Å². The Balaban J connectivity index is 1.49. The van der Waals surface area contributed by atoms with Crippen LogP contribution in [0.15, 0.2) is 12.2 Å². The Kier molecular flexibility index (Phi) is 6.31. The largest absolute Gasteiger partial charge is 0.469 e. The van der Waals surface area contributed by atoms with E-state index in [1.54, 1.807) is 0 Å². The zero-order valence-corrected chi connectivity index (χ0v) is 20.2. The summed E-state index contributed by atoms with van der Waals surface area (Å²) in [6.45, 7) is 8.97. The highest BCUT2D eigenvalue weighted by Gasteiger charge is 2.59. The van der Waals surface area contributed by atoms with Gasteiger partial charge in [0.15, 0.2) is 0 Å². The summed E-state index contributed by atoms with van der Waals surface area (Å²) in [4.78, 5) is 23.1. The molecule has 0 unspecified atom stereocenters. The highest BCUT2D eigenvalue weighted by atomic mass is 16.5. The predicted molar refractivity (Wildman–Crippen MR) is 121 cm³/mol. The summed E-state index contributed by atoms with van der Waals surface area (Å²) in [6.07, 6.45) is 15.1. The molecule has 4 rings (SSSR count). The van der Waals surface area contributed by atoms with E-state index in [4.69, 9.17) is 9.47 Å². The van der Waals surface area contributed by atoms with E-state index in [9.17, 15) is 9.59 Å². The molecule has 9 atom stereocenters. The quantitative estimate of drug-likeness (QED) is 0.400. The zero-order valence-electron chi connectivity index (χ0n) is 20.2. The van der Waals surface area contributed by atoms with Crippen molar-refractivity contribution in [3.63, 3.8) is 0 Å². The van der Waals surface area contributed by atoms with Crippen LogP contribution >= 0.6 is 0 Å². The van der Waals surface area contributed by atoms with E-state index in [2.05, 4.69) is 32.9 Å². The Hall–Kier alpha value is -1.32. The van der Waals surface area contributed by atoms with Gasteiger partial charge in [-0.15, -0.1) is 0 Å². The predicted octanol–water partition coefficient (Wildman–Crippen LogP) is 5.94. The third kappa shape index (κ3) is 3.97. The molecule has 0 amide bonds. The number of allylic oxidation sites excluding steroid dienone is 2. The van der Waals surface area contributed by atoms with Gasteiger partial charge in [0.05, 0.1) is 7.11 Å². The van der Waals surface area contributed by atoms with Crippen LogP contribution in [0.3, 0.4) is 0 Å². The number of carbonyl (C=O) groups excluding carboxylic acids is 2. The molecule has 0 bridgehead atoms. The molecule has 4 nitrogen and oxygen atoms in total. The molecule has 0 spiro atoms. The van der Waals surface area contributed by atoms with Gasteiger partial charge in [-0.1, -0.05) is 32.9 Å². The van der Waals surface area contributed by atoms with Gasteiger partial charge in [-0.2, -0.15) is 0 Å². The number of methoxy groups -OCH3 is 1. The first-order valence-corrected chi connectivity index (χ1v) is 12.6. The molecule has 0 aromatic rings. The lowest BCUT2D eigenvalue weighted by atomic mass is 9.46. The van der Waals surface area contributed by atoms with Gasteiger partial charge in [0, 0.05) is 13.3 Å². The van der Waals surface area contributed by atoms with Crippen molar-refractivity contribution in [1.29, 1.82) is 0 Å². The van der Waals surface area contributed by atoms with Crippen molar-refractivity contribution in [3.8, 4) is 0 Å². The third-order valence-corrected chi connectivity index (χ3v) is 10.2. The van der Waals surface area contributed by atoms with Gasteiger partial charge in [-0.05, 0) is 97.7 Å². The summed E-state index contributed by atoms with van der Waals surface area (Å²) in [5, 5.41) is 0. The van der Waals surface area contributed by atoms with E-state index < -0.39 is 0 Å². The van der Waals surface area contributed by atoms with Gasteiger partial charge in [-0.25, -0.2) is 0 Å². The molecule has 4 aliphatic rings. The van der Waals surface area contributed by atoms with Crippen molar-refractivity contribution in [2.24, 2.45) is 46.3 Å². The van der Waals surface area contributed by atoms with Crippen molar-refractivity contribution < 1.29 is 19.1 Å². The van der Waals surface area contributed by atoms with Gasteiger partial charge in [0.25, 0.3) is 0 Å². The van der Waals surface area contributed by atoms with E-state index in [-0.39, 0.29) is 18.0 Å². The molecule has 31 heavy (non-hydrogen) atoms. The normalized spacial score (nSPS) is 44.5. The number of ether oxygens (including phenoxy) is 2. The first-order chi connectivity index (χ1) is 14.7. The SMILES string of the molecule is COC(=O)CC[C@H](C)[C@@H]1CC[C@@H]2[C@@H]3C=C[C@@H]4C[C@H](OC(C)=O)CC[C@]4(C)[C@@H]3CC[C@@]21C. The first kappa shape index (κ1) is 22.9. The van der Waals surface area contributed by atoms with Gasteiger partial charge in [0.1, 0.15) is 6.10 Å². The maximum absolute atomic E-state index is 11.7. The van der Waals surface area contributed by atoms with Gasteiger partial charge < -0.3 is 9.47 Å². The Morgan fingerprint density at radius 2 is 1.74 bits per heavy atom. The number of hydrogen-bond donors (Lipinski definition) is 0. The minimum absolute atomic E-state index is 0.0752. The van der Waals surface area contributed by atoms with E-state index in [0.717, 1.165) is 31.1 Å². The number of rotatable bonds is 5. The topological polar surface area (TPSA) is 52.6 Å². The monoisotopic (exact) mass is 430 g/mol. The number of fused-ring (bicyclic) bond motifs is 5. The van der Waals surface area contributed by atoms with Gasteiger partial charge in [-0.3, -0.25) is 9.59 Å². The summed E-state index contributed by atoms with van der Waals surface area (Å²) >= 11 is 0. The second-order valence-corrected chi connectivity index (χ2v) is 11.6. The van der Waals surface area contributed by atoms with Crippen molar-refractivity contribution in [3.05, 3.63) is 12.2 Å². The van der Waals surface area contributed by atoms with Crippen LogP contribution in [0, 0.1) is 46.3 Å². The van der Waals surface area contributed by atoms with Crippen molar-refractivity contribution in [2.45, 2.75) is 91.6 Å². The molecule has 0 aromatic heterocycles. The summed E-state index contributed by atoms with van der Waals surface area (Å²) in [6, 6.07) is 0. The number of carbonyl (C=O) groups is 2. The molecular weight excluding hydrogens is 388 g/mol. The average Bonchev–Trinajstić information content (AvgIpc) is 3.09. The molecule has 0 radical (unpaired) electrons. The Morgan fingerprint density at radius 3 is 2.45 bits per heavy atom. The minimum Gasteiger partial charge on any atom is -0.469 e. The minimum atomic E-state index is -0.141. The molecule has 4 aliphatic carbocycles. The fraction of sp³-hybridized carbons (Fsp3) is 0.852. The molecule has 0 saturated heterocycles. The maximum atomic E-state index is 11.7. The van der Waals surface area contributed by atoms with E-state index in [1.165, 1.54) is 46.1 Å². The molecule has 0 N–H and O–H groups in total. The highest BCUT2D eigenvalue weighted by Crippen LogP contribution is 2.67. The Morgan fingerprint density at radius 1 is 1.03 bits per heavy atom. The van der Waals surface area contributed by atoms with Gasteiger partial charge >= 0.3 is 11.9 Å². The lowest BCUT2D eigenvalue weighted by Crippen LogP contribution is -2.52. The summed E-state index contributed by atoms with van der Waals surface area (Å²) in [5.41, 5.74) is 0.727. The standard InChI is InChI=1S/C27H42O4/c1-17(6-11-25(29)30-5)22-9-10-23-21-8-7-19-16-20(31-18(2)28)12-14-26(19,3)24(21)13-15-27(22,23)4/h7-8,17,19-24H,6,9-16H2,1-5H3/t17-,19+,20+,21-,22-,23+,24+,26-,27+/m0/s1.